The van der Waals surface area contributed by atoms with Crippen molar-refractivity contribution in [3.63, 3.8) is 0 Å². The first-order chi connectivity index (χ1) is 9.69. The molecule has 0 unspecified atom stereocenters. The zero-order valence-electron chi connectivity index (χ0n) is 12.1. The van der Waals surface area contributed by atoms with Gasteiger partial charge in [-0.1, -0.05) is 23.7 Å². The Labute approximate surface area is 126 Å². The zero-order valence-corrected chi connectivity index (χ0v) is 12.8. The molecule has 1 aromatic carbocycles. The lowest BCUT2D eigenvalue weighted by molar-refractivity contribution is -0.131. The van der Waals surface area contributed by atoms with Gasteiger partial charge in [0.15, 0.2) is 0 Å². The molecule has 0 radical (unpaired) electrons. The average molecular weight is 295 g/mol. The fraction of sp³-hybridized carbons (Fsp3) is 0.562. The molecule has 1 N–H and O–H groups in total. The highest BCUT2D eigenvalue weighted by molar-refractivity contribution is 6.30. The van der Waals surface area contributed by atoms with Crippen molar-refractivity contribution >= 4 is 17.5 Å². The molecule has 110 valence electrons. The number of hydrogen-bond donors (Lipinski definition) is 1. The Bertz CT molecular complexity index is 425. The molecule has 3 nitrogen and oxygen atoms in total. The summed E-state index contributed by atoms with van der Waals surface area (Å²) in [5.41, 5.74) is 1.04. The van der Waals surface area contributed by atoms with Crippen LogP contribution in [0.25, 0.3) is 0 Å². The minimum Gasteiger partial charge on any atom is -0.342 e. The van der Waals surface area contributed by atoms with Gasteiger partial charge in [-0.2, -0.15) is 0 Å². The Morgan fingerprint density at radius 3 is 2.55 bits per heavy atom. The van der Waals surface area contributed by atoms with Crippen LogP contribution in [0.5, 0.6) is 0 Å². The van der Waals surface area contributed by atoms with Gasteiger partial charge >= 0.3 is 0 Å². The topological polar surface area (TPSA) is 32.3 Å². The first-order valence-electron chi connectivity index (χ1n) is 7.36. The van der Waals surface area contributed by atoms with E-state index >= 15 is 0 Å². The van der Waals surface area contributed by atoms with E-state index < -0.39 is 0 Å². The molecular weight excluding hydrogens is 272 g/mol. The van der Waals surface area contributed by atoms with Crippen molar-refractivity contribution in [3.8, 4) is 0 Å². The van der Waals surface area contributed by atoms with Gasteiger partial charge in [0.2, 0.25) is 5.91 Å². The third-order valence-electron chi connectivity index (χ3n) is 4.04. The predicted molar refractivity (Wildman–Crippen MR) is 83.0 cm³/mol. The van der Waals surface area contributed by atoms with Crippen molar-refractivity contribution in [2.75, 3.05) is 26.7 Å². The van der Waals surface area contributed by atoms with Gasteiger partial charge in [0.1, 0.15) is 0 Å². The van der Waals surface area contributed by atoms with Gasteiger partial charge in [0.05, 0.1) is 6.42 Å². The molecule has 4 heteroatoms. The second kappa shape index (κ2) is 7.65. The first kappa shape index (κ1) is 15.3. The largest absolute Gasteiger partial charge is 0.342 e. The number of carbonyl (C=O) groups excluding carboxylic acids is 1. The van der Waals surface area contributed by atoms with Gasteiger partial charge in [-0.3, -0.25) is 4.79 Å². The monoisotopic (exact) mass is 294 g/mol. The number of nitrogens with zero attached hydrogens (tertiary/aromatic N) is 1. The molecule has 1 amide bonds. The first-order valence-corrected chi connectivity index (χ1v) is 7.73. The van der Waals surface area contributed by atoms with E-state index in [1.54, 1.807) is 0 Å². The Kier molecular flexibility index (Phi) is 5.86. The lowest BCUT2D eigenvalue weighted by Crippen LogP contribution is -2.39. The Hall–Kier alpha value is -1.06. The number of piperidine rings is 1. The average Bonchev–Trinajstić information content (AvgIpc) is 2.48. The SMILES string of the molecule is CNCCC1CCN(C(=O)Cc2ccc(Cl)cc2)CC1. The fourth-order valence-corrected chi connectivity index (χ4v) is 2.83. The van der Waals surface area contributed by atoms with E-state index in [2.05, 4.69) is 5.32 Å². The molecule has 2 rings (SSSR count). The van der Waals surface area contributed by atoms with E-state index in [-0.39, 0.29) is 5.91 Å². The molecular formula is C16H23ClN2O. The maximum atomic E-state index is 12.3. The van der Waals surface area contributed by atoms with Crippen LogP contribution in [-0.2, 0) is 11.2 Å². The van der Waals surface area contributed by atoms with Gasteiger partial charge < -0.3 is 10.2 Å². The molecule has 0 bridgehead atoms. The van der Waals surface area contributed by atoms with E-state index in [0.717, 1.165) is 44.0 Å². The van der Waals surface area contributed by atoms with Gasteiger partial charge in [0.25, 0.3) is 0 Å². The Morgan fingerprint density at radius 2 is 1.95 bits per heavy atom. The highest BCUT2D eigenvalue weighted by Gasteiger charge is 2.22. The highest BCUT2D eigenvalue weighted by atomic mass is 35.5. The molecule has 0 aromatic heterocycles. The third-order valence-corrected chi connectivity index (χ3v) is 4.29. The normalized spacial score (nSPS) is 16.4. The van der Waals surface area contributed by atoms with Crippen LogP contribution >= 0.6 is 11.6 Å². The van der Waals surface area contributed by atoms with E-state index in [9.17, 15) is 4.79 Å². The van der Waals surface area contributed by atoms with Crippen molar-refractivity contribution in [1.29, 1.82) is 0 Å². The molecule has 1 aliphatic rings. The maximum absolute atomic E-state index is 12.3. The number of benzene rings is 1. The minimum absolute atomic E-state index is 0.236. The Balaban J connectivity index is 1.78. The summed E-state index contributed by atoms with van der Waals surface area (Å²) in [6.07, 6.45) is 3.97. The summed E-state index contributed by atoms with van der Waals surface area (Å²) in [5.74, 6) is 1.00. The summed E-state index contributed by atoms with van der Waals surface area (Å²) in [6, 6.07) is 7.54. The minimum atomic E-state index is 0.236. The fourth-order valence-electron chi connectivity index (χ4n) is 2.71. The van der Waals surface area contributed by atoms with Crippen LogP contribution in [0.3, 0.4) is 0 Å². The number of amides is 1. The molecule has 1 fully saturated rings. The number of halogens is 1. The van der Waals surface area contributed by atoms with Crippen LogP contribution in [0.1, 0.15) is 24.8 Å². The lowest BCUT2D eigenvalue weighted by atomic mass is 9.93. The van der Waals surface area contributed by atoms with Crippen LogP contribution < -0.4 is 5.32 Å². The van der Waals surface area contributed by atoms with Crippen LogP contribution in [-0.4, -0.2) is 37.5 Å². The summed E-state index contributed by atoms with van der Waals surface area (Å²) in [4.78, 5) is 14.3. The van der Waals surface area contributed by atoms with E-state index in [0.29, 0.717) is 11.4 Å². The summed E-state index contributed by atoms with van der Waals surface area (Å²) in [5, 5.41) is 3.91. The standard InChI is InChI=1S/C16H23ClN2O/c1-18-9-6-13-7-10-19(11-8-13)16(20)12-14-2-4-15(17)5-3-14/h2-5,13,18H,6-12H2,1H3. The van der Waals surface area contributed by atoms with E-state index in [4.69, 9.17) is 11.6 Å². The van der Waals surface area contributed by atoms with Crippen molar-refractivity contribution in [3.05, 3.63) is 34.9 Å². The molecule has 1 aromatic rings. The van der Waals surface area contributed by atoms with Crippen molar-refractivity contribution < 1.29 is 4.79 Å². The zero-order chi connectivity index (χ0) is 14.4. The summed E-state index contributed by atoms with van der Waals surface area (Å²) in [6.45, 7) is 2.88. The molecule has 1 aliphatic heterocycles. The Morgan fingerprint density at radius 1 is 1.30 bits per heavy atom. The van der Waals surface area contributed by atoms with Crippen molar-refractivity contribution in [1.82, 2.24) is 10.2 Å². The van der Waals surface area contributed by atoms with Crippen LogP contribution in [0.4, 0.5) is 0 Å². The molecule has 20 heavy (non-hydrogen) atoms. The van der Waals surface area contributed by atoms with Crippen LogP contribution in [0.15, 0.2) is 24.3 Å². The number of carbonyl (C=O) groups is 1. The van der Waals surface area contributed by atoms with E-state index in [1.165, 1.54) is 6.42 Å². The van der Waals surface area contributed by atoms with E-state index in [1.807, 2.05) is 36.2 Å². The van der Waals surface area contributed by atoms with Crippen molar-refractivity contribution in [2.45, 2.75) is 25.7 Å². The number of nitrogens with one attached hydrogen (secondary N) is 1. The summed E-state index contributed by atoms with van der Waals surface area (Å²) >= 11 is 5.85. The van der Waals surface area contributed by atoms with Gasteiger partial charge in [0, 0.05) is 18.1 Å². The number of likely N-dealkylation sites (tertiary alicyclic amines) is 1. The molecule has 0 saturated carbocycles. The summed E-state index contributed by atoms with van der Waals surface area (Å²) in [7, 11) is 1.99. The van der Waals surface area contributed by atoms with Crippen LogP contribution in [0, 0.1) is 5.92 Å². The highest BCUT2D eigenvalue weighted by Crippen LogP contribution is 2.21. The predicted octanol–water partition coefficient (Wildman–Crippen LogP) is 2.73. The molecule has 1 saturated heterocycles. The quantitative estimate of drug-likeness (QED) is 0.906. The molecule has 1 heterocycles. The molecule has 0 spiro atoms. The maximum Gasteiger partial charge on any atom is 0.226 e. The molecule has 0 atom stereocenters. The molecule has 0 aliphatic carbocycles. The second-order valence-corrected chi connectivity index (χ2v) is 5.96. The van der Waals surface area contributed by atoms with Gasteiger partial charge in [-0.05, 0) is 56.5 Å². The van der Waals surface area contributed by atoms with Gasteiger partial charge in [-0.15, -0.1) is 0 Å². The smallest absolute Gasteiger partial charge is 0.226 e. The van der Waals surface area contributed by atoms with Crippen molar-refractivity contribution in [2.24, 2.45) is 5.92 Å². The second-order valence-electron chi connectivity index (χ2n) is 5.52. The van der Waals surface area contributed by atoms with Crippen LogP contribution in [0.2, 0.25) is 5.02 Å². The number of hydrogen-bond acceptors (Lipinski definition) is 2. The summed E-state index contributed by atoms with van der Waals surface area (Å²) < 4.78 is 0. The number of rotatable bonds is 5. The lowest BCUT2D eigenvalue weighted by Gasteiger charge is -2.32. The van der Waals surface area contributed by atoms with Gasteiger partial charge in [-0.25, -0.2) is 0 Å². The third kappa shape index (κ3) is 4.50.